The van der Waals surface area contributed by atoms with Gasteiger partial charge in [0, 0.05) is 27.3 Å². The van der Waals surface area contributed by atoms with Crippen molar-refractivity contribution in [1.82, 2.24) is 0 Å². The smallest absolute Gasteiger partial charge is 0 e. The molecule has 13 heavy (non-hydrogen) atoms. The van der Waals surface area contributed by atoms with Crippen molar-refractivity contribution >= 4 is 89.9 Å². The molecule has 0 bridgehead atoms. The first-order valence-corrected chi connectivity index (χ1v) is 8.39. The molecule has 2 aliphatic heterocycles. The minimum absolute atomic E-state index is 0. The molecule has 0 spiro atoms. The summed E-state index contributed by atoms with van der Waals surface area (Å²) in [7, 11) is 0. The topological polar surface area (TPSA) is 134 Å². The third kappa shape index (κ3) is 9.53. The summed E-state index contributed by atoms with van der Waals surface area (Å²) in [5.74, 6) is 0. The maximum absolute atomic E-state index is 9.50. The second-order valence-electron chi connectivity index (χ2n) is 1.07. The molecule has 11 heteroatoms. The van der Waals surface area contributed by atoms with E-state index in [-0.39, 0.29) is 38.3 Å². The standard InChI is InChI=1S/2CH2O3.2H2O.3Pb/c2*2-1(3)4;;;;;/h2*(H2,2,3,4);2*1H2;;;/q;;;;;2*+2/p-4. The van der Waals surface area contributed by atoms with Crippen molar-refractivity contribution in [2.45, 2.75) is 0 Å². The van der Waals surface area contributed by atoms with Gasteiger partial charge in [0.25, 0.3) is 0 Å². The van der Waals surface area contributed by atoms with Crippen LogP contribution in [0, 0.1) is 0 Å². The van der Waals surface area contributed by atoms with E-state index in [9.17, 15) is 9.59 Å². The van der Waals surface area contributed by atoms with Crippen LogP contribution in [-0.2, 0) is 10.7 Å². The normalized spacial score (nSPS) is 14.5. The molecule has 0 unspecified atom stereocenters. The third-order valence-corrected chi connectivity index (χ3v) is 4.39. The first-order valence-electron chi connectivity index (χ1n) is 2.04. The summed E-state index contributed by atoms with van der Waals surface area (Å²) in [4.78, 5) is 19.0. The van der Waals surface area contributed by atoms with Crippen LogP contribution in [0.1, 0.15) is 0 Å². The van der Waals surface area contributed by atoms with E-state index >= 15 is 0 Å². The Morgan fingerprint density at radius 1 is 0.769 bits per heavy atom. The van der Waals surface area contributed by atoms with E-state index in [1.807, 2.05) is 0 Å². The number of hydrogen-bond acceptors (Lipinski definition) is 6. The van der Waals surface area contributed by atoms with Crippen molar-refractivity contribution in [3.05, 3.63) is 0 Å². The molecule has 0 saturated carbocycles. The summed E-state index contributed by atoms with van der Waals surface area (Å²) < 4.78 is 17.1. The molecule has 2 saturated heterocycles. The SMILES string of the molecule is O.O.O=C1[O][Pb][O]1.O=C1[O][Pb][O]1.[Pb]. The Morgan fingerprint density at radius 2 is 0.923 bits per heavy atom. The Balaban J connectivity index is -0.000000125. The van der Waals surface area contributed by atoms with Crippen LogP contribution in [0.3, 0.4) is 0 Å². The van der Waals surface area contributed by atoms with Crippen molar-refractivity contribution in [1.29, 1.82) is 0 Å². The molecule has 72 valence electrons. The zero-order valence-electron chi connectivity index (χ0n) is 5.95. The van der Waals surface area contributed by atoms with E-state index in [0.717, 1.165) is 0 Å². The van der Waals surface area contributed by atoms with Gasteiger partial charge in [-0.25, -0.2) is 0 Å². The van der Waals surface area contributed by atoms with Gasteiger partial charge in [-0.05, 0) is 0 Å². The van der Waals surface area contributed by atoms with Crippen LogP contribution in [0.5, 0.6) is 0 Å². The molecule has 2 rings (SSSR count). The van der Waals surface area contributed by atoms with Gasteiger partial charge in [0.15, 0.2) is 0 Å². The van der Waals surface area contributed by atoms with Crippen molar-refractivity contribution in [3.8, 4) is 0 Å². The first-order chi connectivity index (χ1) is 4.79. The molecule has 0 aromatic rings. The predicted octanol–water partition coefficient (Wildman–Crippen LogP) is -2.66. The molecule has 8 radical (unpaired) electrons. The van der Waals surface area contributed by atoms with Gasteiger partial charge in [0.05, 0.1) is 0 Å². The summed E-state index contributed by atoms with van der Waals surface area (Å²) in [6.45, 7) is 0. The molecule has 8 nitrogen and oxygen atoms in total. The molecule has 0 atom stereocenters. The average Bonchev–Trinajstić information content (AvgIpc) is 1.80. The van der Waals surface area contributed by atoms with E-state index < -0.39 is 62.6 Å². The molecule has 2 heterocycles. The molecular formula is C2H4O8Pb3. The Bertz CT molecular complexity index is 129. The number of carbonyl (C=O) groups excluding carboxylic acids is 2. The van der Waals surface area contributed by atoms with Crippen LogP contribution < -0.4 is 0 Å². The Morgan fingerprint density at radius 3 is 0.923 bits per heavy atom. The third-order valence-electron chi connectivity index (χ3n) is 0.500. The van der Waals surface area contributed by atoms with Gasteiger partial charge in [-0.2, -0.15) is 0 Å². The van der Waals surface area contributed by atoms with Crippen molar-refractivity contribution in [2.75, 3.05) is 0 Å². The van der Waals surface area contributed by atoms with Crippen LogP contribution >= 0.6 is 0 Å². The zero-order chi connectivity index (χ0) is 7.40. The van der Waals surface area contributed by atoms with Gasteiger partial charge < -0.3 is 11.0 Å². The maximum Gasteiger partial charge on any atom is 0 e. The Kier molecular flexibility index (Phi) is 17.2. The second kappa shape index (κ2) is 11.3. The molecule has 2 fully saturated rings. The van der Waals surface area contributed by atoms with E-state index in [4.69, 9.17) is 0 Å². The summed E-state index contributed by atoms with van der Waals surface area (Å²) in [5.41, 5.74) is 0. The van der Waals surface area contributed by atoms with Crippen LogP contribution in [0.25, 0.3) is 0 Å². The van der Waals surface area contributed by atoms with Gasteiger partial charge in [-0.3, -0.25) is 0 Å². The van der Waals surface area contributed by atoms with Crippen molar-refractivity contribution in [3.63, 3.8) is 0 Å². The zero-order valence-corrected chi connectivity index (χ0v) is 17.6. The van der Waals surface area contributed by atoms with Crippen molar-refractivity contribution < 1.29 is 31.3 Å². The summed E-state index contributed by atoms with van der Waals surface area (Å²) in [5, 5.41) is 0. The van der Waals surface area contributed by atoms with Gasteiger partial charge in [-0.1, -0.05) is 0 Å². The van der Waals surface area contributed by atoms with E-state index in [0.29, 0.717) is 0 Å². The number of rotatable bonds is 0. The molecule has 0 amide bonds. The largest absolute Gasteiger partial charge is 0 e. The van der Waals surface area contributed by atoms with Crippen LogP contribution in [0.4, 0.5) is 9.59 Å². The number of hydrogen-bond donors (Lipinski definition) is 0. The monoisotopic (exact) mass is 780 g/mol. The molecule has 2 aliphatic rings. The minimum Gasteiger partial charge on any atom is 0 e. The van der Waals surface area contributed by atoms with Gasteiger partial charge in [0.2, 0.25) is 0 Å². The number of carbonyl (C=O) groups is 2. The van der Waals surface area contributed by atoms with Crippen LogP contribution in [-0.4, -0.2) is 101 Å². The Labute approximate surface area is 119 Å². The van der Waals surface area contributed by atoms with Crippen LogP contribution in [0.2, 0.25) is 0 Å². The quantitative estimate of drug-likeness (QED) is 0.247. The molecule has 4 N–H and O–H groups in total. The van der Waals surface area contributed by atoms with Crippen molar-refractivity contribution in [2.24, 2.45) is 0 Å². The van der Waals surface area contributed by atoms with E-state index in [1.165, 1.54) is 0 Å². The second-order valence-corrected chi connectivity index (χ2v) is 5.54. The minimum atomic E-state index is -1.16. The van der Waals surface area contributed by atoms with Crippen LogP contribution in [0.15, 0.2) is 0 Å². The maximum atomic E-state index is 9.50. The molecule has 0 aromatic carbocycles. The fraction of sp³-hybridized carbons (Fsp3) is 0. The predicted molar refractivity (Wildman–Crippen MR) is 39.6 cm³/mol. The fourth-order valence-corrected chi connectivity index (χ4v) is 1.33. The molecule has 0 aromatic heterocycles. The average molecular weight is 778 g/mol. The van der Waals surface area contributed by atoms with E-state index in [1.54, 1.807) is 0 Å². The van der Waals surface area contributed by atoms with E-state index in [2.05, 4.69) is 10.7 Å². The summed E-state index contributed by atoms with van der Waals surface area (Å²) in [6, 6.07) is 0. The fourth-order valence-electron chi connectivity index (χ4n) is 0.151. The summed E-state index contributed by atoms with van der Waals surface area (Å²) >= 11 is -2.33. The van der Waals surface area contributed by atoms with Gasteiger partial charge in [-0.15, -0.1) is 0 Å². The molecule has 0 aliphatic carbocycles. The van der Waals surface area contributed by atoms with Gasteiger partial charge in [0.1, 0.15) is 0 Å². The first kappa shape index (κ1) is 19.7. The van der Waals surface area contributed by atoms with Gasteiger partial charge >= 0.3 is 82.9 Å². The summed E-state index contributed by atoms with van der Waals surface area (Å²) in [6.07, 6.45) is -0.957. The molecular weight excluding hydrogens is 774 g/mol. The Hall–Kier alpha value is 1.23.